The van der Waals surface area contributed by atoms with Crippen molar-refractivity contribution in [2.75, 3.05) is 19.6 Å². The van der Waals surface area contributed by atoms with Gasteiger partial charge in [0.25, 0.3) is 0 Å². The Labute approximate surface area is 120 Å². The zero-order chi connectivity index (χ0) is 13.9. The minimum absolute atomic E-state index is 0.290. The van der Waals surface area contributed by atoms with Crippen LogP contribution in [0.1, 0.15) is 66.2 Å². The molecule has 1 saturated carbocycles. The highest BCUT2D eigenvalue weighted by Gasteiger charge is 2.33. The Morgan fingerprint density at radius 2 is 1.84 bits per heavy atom. The number of rotatable bonds is 4. The lowest BCUT2D eigenvalue weighted by Crippen LogP contribution is -2.63. The van der Waals surface area contributed by atoms with E-state index in [4.69, 9.17) is 0 Å². The molecule has 2 fully saturated rings. The Morgan fingerprint density at radius 1 is 1.16 bits per heavy atom. The molecule has 2 heteroatoms. The van der Waals surface area contributed by atoms with Crippen LogP contribution in [0.4, 0.5) is 0 Å². The minimum atomic E-state index is 0.290. The first kappa shape index (κ1) is 15.3. The highest BCUT2D eigenvalue weighted by molar-refractivity contribution is 4.93. The van der Waals surface area contributed by atoms with Crippen LogP contribution >= 0.6 is 0 Å². The minimum Gasteiger partial charge on any atom is -0.309 e. The molecule has 0 radical (unpaired) electrons. The van der Waals surface area contributed by atoms with Gasteiger partial charge >= 0.3 is 0 Å². The van der Waals surface area contributed by atoms with E-state index in [9.17, 15) is 0 Å². The summed E-state index contributed by atoms with van der Waals surface area (Å²) in [5.74, 6) is 1.77. The Hall–Kier alpha value is -0.0800. The first-order chi connectivity index (χ1) is 8.98. The van der Waals surface area contributed by atoms with Gasteiger partial charge in [-0.3, -0.25) is 4.90 Å². The van der Waals surface area contributed by atoms with Gasteiger partial charge in [-0.05, 0) is 38.6 Å². The molecule has 2 rings (SSSR count). The molecule has 112 valence electrons. The molecule has 1 heterocycles. The van der Waals surface area contributed by atoms with Crippen molar-refractivity contribution in [1.29, 1.82) is 0 Å². The van der Waals surface area contributed by atoms with Crippen LogP contribution in [0.3, 0.4) is 0 Å². The molecule has 1 aliphatic heterocycles. The number of hydrogen-bond acceptors (Lipinski definition) is 2. The number of piperazine rings is 1. The highest BCUT2D eigenvalue weighted by Crippen LogP contribution is 2.28. The molecule has 0 aromatic rings. The molecule has 2 nitrogen and oxygen atoms in total. The van der Waals surface area contributed by atoms with Crippen LogP contribution < -0.4 is 5.32 Å². The topological polar surface area (TPSA) is 15.3 Å². The van der Waals surface area contributed by atoms with Gasteiger partial charge < -0.3 is 5.32 Å². The van der Waals surface area contributed by atoms with Gasteiger partial charge in [-0.2, -0.15) is 0 Å². The molecule has 1 atom stereocenters. The Balaban J connectivity index is 1.86. The number of hydrogen-bond donors (Lipinski definition) is 1. The van der Waals surface area contributed by atoms with Crippen molar-refractivity contribution in [3.63, 3.8) is 0 Å². The zero-order valence-electron chi connectivity index (χ0n) is 13.5. The van der Waals surface area contributed by atoms with Crippen molar-refractivity contribution in [2.45, 2.75) is 77.8 Å². The van der Waals surface area contributed by atoms with Crippen LogP contribution in [0, 0.1) is 11.8 Å². The van der Waals surface area contributed by atoms with Gasteiger partial charge in [0.15, 0.2) is 0 Å². The predicted molar refractivity (Wildman–Crippen MR) is 83.5 cm³/mol. The monoisotopic (exact) mass is 266 g/mol. The fourth-order valence-corrected chi connectivity index (χ4v) is 3.92. The van der Waals surface area contributed by atoms with Gasteiger partial charge in [0.2, 0.25) is 0 Å². The maximum Gasteiger partial charge on any atom is 0.0252 e. The Morgan fingerprint density at radius 3 is 2.47 bits per heavy atom. The fraction of sp³-hybridized carbons (Fsp3) is 1.00. The van der Waals surface area contributed by atoms with Gasteiger partial charge in [0.05, 0.1) is 0 Å². The van der Waals surface area contributed by atoms with Crippen molar-refractivity contribution in [3.05, 3.63) is 0 Å². The molecule has 0 aromatic carbocycles. The third kappa shape index (κ3) is 4.46. The van der Waals surface area contributed by atoms with E-state index in [1.165, 1.54) is 51.6 Å². The molecule has 2 aliphatic rings. The molecule has 0 spiro atoms. The Kier molecular flexibility index (Phi) is 5.30. The van der Waals surface area contributed by atoms with Gasteiger partial charge in [-0.1, -0.05) is 46.0 Å². The van der Waals surface area contributed by atoms with Crippen molar-refractivity contribution < 1.29 is 0 Å². The fourth-order valence-electron chi connectivity index (χ4n) is 3.92. The highest BCUT2D eigenvalue weighted by atomic mass is 15.2. The van der Waals surface area contributed by atoms with E-state index in [1.54, 1.807) is 0 Å². The van der Waals surface area contributed by atoms with Gasteiger partial charge in [-0.25, -0.2) is 0 Å². The van der Waals surface area contributed by atoms with Crippen LogP contribution in [0.25, 0.3) is 0 Å². The molecule has 0 amide bonds. The second-order valence-corrected chi connectivity index (χ2v) is 7.84. The van der Waals surface area contributed by atoms with E-state index in [2.05, 4.69) is 37.9 Å². The van der Waals surface area contributed by atoms with Gasteiger partial charge in [-0.15, -0.1) is 0 Å². The summed E-state index contributed by atoms with van der Waals surface area (Å²) < 4.78 is 0. The molecule has 1 unspecified atom stereocenters. The zero-order valence-corrected chi connectivity index (χ0v) is 13.5. The average molecular weight is 266 g/mol. The average Bonchev–Trinajstić information content (AvgIpc) is 2.36. The van der Waals surface area contributed by atoms with Crippen molar-refractivity contribution in [3.8, 4) is 0 Å². The van der Waals surface area contributed by atoms with Crippen LogP contribution in [0.5, 0.6) is 0 Å². The largest absolute Gasteiger partial charge is 0.309 e. The summed E-state index contributed by atoms with van der Waals surface area (Å²) in [5, 5.41) is 3.72. The van der Waals surface area contributed by atoms with Gasteiger partial charge in [0.1, 0.15) is 0 Å². The summed E-state index contributed by atoms with van der Waals surface area (Å²) >= 11 is 0. The van der Waals surface area contributed by atoms with E-state index in [0.717, 1.165) is 24.4 Å². The van der Waals surface area contributed by atoms with Crippen LogP contribution in [0.15, 0.2) is 0 Å². The molecular formula is C17H34N2. The molecule has 1 saturated heterocycles. The maximum atomic E-state index is 3.72. The molecule has 19 heavy (non-hydrogen) atoms. The summed E-state index contributed by atoms with van der Waals surface area (Å²) in [6.45, 7) is 13.1. The van der Waals surface area contributed by atoms with Gasteiger partial charge in [0, 0.05) is 24.7 Å². The lowest BCUT2D eigenvalue weighted by Gasteiger charge is -2.46. The molecule has 0 bridgehead atoms. The van der Waals surface area contributed by atoms with Crippen LogP contribution in [-0.2, 0) is 0 Å². The van der Waals surface area contributed by atoms with E-state index in [-0.39, 0.29) is 5.54 Å². The van der Waals surface area contributed by atoms with E-state index in [1.807, 2.05) is 0 Å². The van der Waals surface area contributed by atoms with Crippen molar-refractivity contribution in [2.24, 2.45) is 11.8 Å². The standard InChI is InChI=1S/C17H34N2/c1-14(2)16-12-18-17(3,4)13-19(16)11-10-15-8-6-5-7-9-15/h14-16,18H,5-13H2,1-4H3. The summed E-state index contributed by atoms with van der Waals surface area (Å²) in [5.41, 5.74) is 0.290. The first-order valence-electron chi connectivity index (χ1n) is 8.47. The summed E-state index contributed by atoms with van der Waals surface area (Å²) in [4.78, 5) is 2.77. The van der Waals surface area contributed by atoms with Crippen molar-refractivity contribution >= 4 is 0 Å². The second kappa shape index (κ2) is 6.58. The summed E-state index contributed by atoms with van der Waals surface area (Å²) in [6, 6.07) is 0.733. The smallest absolute Gasteiger partial charge is 0.0252 e. The molecule has 0 aromatic heterocycles. The third-order valence-electron chi connectivity index (χ3n) is 5.18. The quantitative estimate of drug-likeness (QED) is 0.835. The molecular weight excluding hydrogens is 232 g/mol. The van der Waals surface area contributed by atoms with E-state index in [0.29, 0.717) is 0 Å². The van der Waals surface area contributed by atoms with Crippen molar-refractivity contribution in [1.82, 2.24) is 10.2 Å². The lowest BCUT2D eigenvalue weighted by atomic mass is 9.86. The SMILES string of the molecule is CC(C)C1CNC(C)(C)CN1CCC1CCCCC1. The maximum absolute atomic E-state index is 3.72. The predicted octanol–water partition coefficient (Wildman–Crippen LogP) is 3.67. The normalized spacial score (nSPS) is 29.8. The van der Waals surface area contributed by atoms with Crippen LogP contribution in [0.2, 0.25) is 0 Å². The summed E-state index contributed by atoms with van der Waals surface area (Å²) in [7, 11) is 0. The number of nitrogens with one attached hydrogen (secondary N) is 1. The number of nitrogens with zero attached hydrogens (tertiary/aromatic N) is 1. The first-order valence-corrected chi connectivity index (χ1v) is 8.47. The second-order valence-electron chi connectivity index (χ2n) is 7.84. The van der Waals surface area contributed by atoms with E-state index < -0.39 is 0 Å². The molecule has 1 aliphatic carbocycles. The van der Waals surface area contributed by atoms with E-state index >= 15 is 0 Å². The molecule has 1 N–H and O–H groups in total. The Bertz CT molecular complexity index is 266. The van der Waals surface area contributed by atoms with Crippen LogP contribution in [-0.4, -0.2) is 36.1 Å². The lowest BCUT2D eigenvalue weighted by molar-refractivity contribution is 0.0623. The third-order valence-corrected chi connectivity index (χ3v) is 5.18. The summed E-state index contributed by atoms with van der Waals surface area (Å²) in [6.07, 6.45) is 8.84.